The summed E-state index contributed by atoms with van der Waals surface area (Å²) in [5.41, 5.74) is 1.33. The molecular weight excluding hydrogens is 402 g/mol. The van der Waals surface area contributed by atoms with Gasteiger partial charge in [-0.1, -0.05) is 30.3 Å². The van der Waals surface area contributed by atoms with Crippen LogP contribution in [0.2, 0.25) is 0 Å². The van der Waals surface area contributed by atoms with Crippen LogP contribution in [0.25, 0.3) is 0 Å². The summed E-state index contributed by atoms with van der Waals surface area (Å²) in [6.45, 7) is 1.65. The van der Waals surface area contributed by atoms with Crippen molar-refractivity contribution in [2.75, 3.05) is 13.1 Å². The summed E-state index contributed by atoms with van der Waals surface area (Å²) in [7, 11) is 0. The summed E-state index contributed by atoms with van der Waals surface area (Å²) in [6, 6.07) is 12.4. The van der Waals surface area contributed by atoms with E-state index >= 15 is 0 Å². The number of thiophene rings is 1. The Kier molecular flexibility index (Phi) is 4.29. The largest absolute Gasteiger partial charge is 0.337 e. The quantitative estimate of drug-likeness (QED) is 0.684. The molecule has 1 aliphatic heterocycles. The topological polar surface area (TPSA) is 20.3 Å². The average Bonchev–Trinajstić information content (AvgIpc) is 3.07. The van der Waals surface area contributed by atoms with Crippen LogP contribution in [0, 0.1) is 0 Å². The number of hydrogen-bond acceptors (Lipinski definition) is 2. The van der Waals surface area contributed by atoms with Crippen LogP contribution in [0.1, 0.15) is 27.6 Å². The van der Waals surface area contributed by atoms with E-state index in [2.05, 4.69) is 56.1 Å². The van der Waals surface area contributed by atoms with Crippen molar-refractivity contribution in [3.05, 3.63) is 55.1 Å². The minimum Gasteiger partial charge on any atom is -0.337 e. The third-order valence-corrected chi connectivity index (χ3v) is 6.85. The van der Waals surface area contributed by atoms with Crippen molar-refractivity contribution in [3.8, 4) is 0 Å². The Bertz CT molecular complexity index is 607. The first kappa shape index (κ1) is 14.3. The van der Waals surface area contributed by atoms with Crippen LogP contribution in [-0.2, 0) is 0 Å². The average molecular weight is 415 g/mol. The van der Waals surface area contributed by atoms with E-state index in [9.17, 15) is 4.79 Å². The van der Waals surface area contributed by atoms with Gasteiger partial charge in [0.1, 0.15) is 0 Å². The number of rotatable bonds is 2. The molecule has 0 radical (unpaired) electrons. The molecule has 104 valence electrons. The molecule has 2 heterocycles. The lowest BCUT2D eigenvalue weighted by molar-refractivity contribution is 0.0795. The van der Waals surface area contributed by atoms with Crippen molar-refractivity contribution in [2.45, 2.75) is 12.3 Å². The number of carbonyl (C=O) groups excluding carboxylic acids is 1. The van der Waals surface area contributed by atoms with E-state index < -0.39 is 0 Å². The zero-order valence-corrected chi connectivity index (χ0v) is 14.7. The predicted molar refractivity (Wildman–Crippen MR) is 89.4 cm³/mol. The van der Waals surface area contributed by atoms with E-state index in [0.29, 0.717) is 5.92 Å². The monoisotopic (exact) mass is 413 g/mol. The fourth-order valence-corrected chi connectivity index (χ4v) is 4.55. The molecular formula is C15H13Br2NOS. The van der Waals surface area contributed by atoms with Crippen LogP contribution in [-0.4, -0.2) is 23.9 Å². The highest BCUT2D eigenvalue weighted by Gasteiger charge is 2.28. The Morgan fingerprint density at radius 3 is 2.65 bits per heavy atom. The van der Waals surface area contributed by atoms with E-state index in [-0.39, 0.29) is 5.91 Å². The lowest BCUT2D eigenvalue weighted by Gasteiger charge is -2.15. The van der Waals surface area contributed by atoms with Crippen molar-refractivity contribution < 1.29 is 4.79 Å². The van der Waals surface area contributed by atoms with Crippen molar-refractivity contribution in [3.63, 3.8) is 0 Å². The summed E-state index contributed by atoms with van der Waals surface area (Å²) in [4.78, 5) is 15.2. The third-order valence-electron chi connectivity index (χ3n) is 3.60. The molecule has 0 spiro atoms. The van der Waals surface area contributed by atoms with Crippen molar-refractivity contribution >= 4 is 49.1 Å². The van der Waals surface area contributed by atoms with Gasteiger partial charge in [-0.15, -0.1) is 11.3 Å². The van der Waals surface area contributed by atoms with Gasteiger partial charge in [0, 0.05) is 23.5 Å². The van der Waals surface area contributed by atoms with Gasteiger partial charge in [0.15, 0.2) is 0 Å². The molecule has 0 bridgehead atoms. The molecule has 1 aromatic heterocycles. The van der Waals surface area contributed by atoms with Crippen LogP contribution in [0.15, 0.2) is 44.7 Å². The van der Waals surface area contributed by atoms with Gasteiger partial charge in [0.2, 0.25) is 0 Å². The van der Waals surface area contributed by atoms with Gasteiger partial charge < -0.3 is 4.90 Å². The van der Waals surface area contributed by atoms with E-state index in [4.69, 9.17) is 0 Å². The summed E-state index contributed by atoms with van der Waals surface area (Å²) in [5, 5.41) is 0. The molecule has 1 saturated heterocycles. The Hall–Kier alpha value is -0.650. The fourth-order valence-electron chi connectivity index (χ4n) is 2.55. The number of benzene rings is 1. The van der Waals surface area contributed by atoms with Gasteiger partial charge >= 0.3 is 0 Å². The standard InChI is InChI=1S/C15H13Br2NOS/c16-12-8-13(20-14(12)17)15(19)18-7-6-11(9-18)10-4-2-1-3-5-10/h1-5,8,11H,6-7,9H2. The van der Waals surface area contributed by atoms with Crippen LogP contribution in [0.3, 0.4) is 0 Å². The molecule has 1 atom stereocenters. The molecule has 0 N–H and O–H groups in total. The second-order valence-electron chi connectivity index (χ2n) is 4.88. The predicted octanol–water partition coefficient (Wildman–Crippen LogP) is 4.90. The molecule has 5 heteroatoms. The fraction of sp³-hybridized carbons (Fsp3) is 0.267. The van der Waals surface area contributed by atoms with Crippen LogP contribution in [0.4, 0.5) is 0 Å². The lowest BCUT2D eigenvalue weighted by Crippen LogP contribution is -2.27. The first-order valence-corrected chi connectivity index (χ1v) is 8.84. The molecule has 1 unspecified atom stereocenters. The second-order valence-corrected chi connectivity index (χ2v) is 8.10. The summed E-state index contributed by atoms with van der Waals surface area (Å²) in [6.07, 6.45) is 1.05. The van der Waals surface area contributed by atoms with Crippen LogP contribution in [0.5, 0.6) is 0 Å². The molecule has 3 rings (SSSR count). The Balaban J connectivity index is 1.72. The second kappa shape index (κ2) is 6.00. The summed E-state index contributed by atoms with van der Waals surface area (Å²) < 4.78 is 1.92. The Morgan fingerprint density at radius 1 is 1.25 bits per heavy atom. The zero-order valence-electron chi connectivity index (χ0n) is 10.7. The van der Waals surface area contributed by atoms with Gasteiger partial charge in [-0.3, -0.25) is 4.79 Å². The van der Waals surface area contributed by atoms with Crippen molar-refractivity contribution in [1.82, 2.24) is 4.90 Å². The number of amides is 1. The highest BCUT2D eigenvalue weighted by Crippen LogP contribution is 2.34. The maximum absolute atomic E-state index is 12.5. The number of hydrogen-bond donors (Lipinski definition) is 0. The van der Waals surface area contributed by atoms with Crippen LogP contribution >= 0.6 is 43.2 Å². The molecule has 1 aromatic carbocycles. The minimum absolute atomic E-state index is 0.139. The molecule has 20 heavy (non-hydrogen) atoms. The number of nitrogens with zero attached hydrogens (tertiary/aromatic N) is 1. The maximum atomic E-state index is 12.5. The smallest absolute Gasteiger partial charge is 0.264 e. The van der Waals surface area contributed by atoms with Gasteiger partial charge in [0.25, 0.3) is 5.91 Å². The number of halogens is 2. The molecule has 1 amide bonds. The van der Waals surface area contributed by atoms with Gasteiger partial charge in [-0.05, 0) is 49.9 Å². The molecule has 2 aromatic rings. The summed E-state index contributed by atoms with van der Waals surface area (Å²) >= 11 is 8.36. The van der Waals surface area contributed by atoms with Gasteiger partial charge in [-0.2, -0.15) is 0 Å². The normalized spacial score (nSPS) is 18.5. The summed E-state index contributed by atoms with van der Waals surface area (Å²) in [5.74, 6) is 0.604. The number of carbonyl (C=O) groups is 1. The molecule has 1 fully saturated rings. The molecule has 2 nitrogen and oxygen atoms in total. The van der Waals surface area contributed by atoms with Crippen LogP contribution < -0.4 is 0 Å². The maximum Gasteiger partial charge on any atom is 0.264 e. The van der Waals surface area contributed by atoms with Crippen molar-refractivity contribution in [2.24, 2.45) is 0 Å². The molecule has 1 aliphatic rings. The van der Waals surface area contributed by atoms with Gasteiger partial charge in [0.05, 0.1) is 8.66 Å². The van der Waals surface area contributed by atoms with E-state index in [0.717, 1.165) is 32.6 Å². The van der Waals surface area contributed by atoms with Crippen molar-refractivity contribution in [1.29, 1.82) is 0 Å². The zero-order chi connectivity index (χ0) is 14.1. The van der Waals surface area contributed by atoms with E-state index in [1.54, 1.807) is 0 Å². The highest BCUT2D eigenvalue weighted by atomic mass is 79.9. The Labute approximate surface area is 139 Å². The third kappa shape index (κ3) is 2.85. The van der Waals surface area contributed by atoms with E-state index in [1.165, 1.54) is 16.9 Å². The lowest BCUT2D eigenvalue weighted by atomic mass is 9.99. The number of likely N-dealkylation sites (tertiary alicyclic amines) is 1. The van der Waals surface area contributed by atoms with E-state index in [1.807, 2.05) is 17.0 Å². The highest BCUT2D eigenvalue weighted by molar-refractivity contribution is 9.13. The minimum atomic E-state index is 0.139. The first-order chi connectivity index (χ1) is 9.65. The van der Waals surface area contributed by atoms with Gasteiger partial charge in [-0.25, -0.2) is 0 Å². The SMILES string of the molecule is O=C(c1cc(Br)c(Br)s1)N1CCC(c2ccccc2)C1. The molecule has 0 saturated carbocycles. The molecule has 0 aliphatic carbocycles. The Morgan fingerprint density at radius 2 is 2.00 bits per heavy atom. The first-order valence-electron chi connectivity index (χ1n) is 6.44.